The summed E-state index contributed by atoms with van der Waals surface area (Å²) in [5, 5.41) is 0. The highest BCUT2D eigenvalue weighted by atomic mass is 16.5. The maximum absolute atomic E-state index is 13.8. The molecule has 2 amide bonds. The van der Waals surface area contributed by atoms with Crippen molar-refractivity contribution in [1.29, 1.82) is 0 Å². The summed E-state index contributed by atoms with van der Waals surface area (Å²) < 4.78 is 5.26. The van der Waals surface area contributed by atoms with E-state index in [1.165, 1.54) is 0 Å². The minimum absolute atomic E-state index is 0.0398. The van der Waals surface area contributed by atoms with Gasteiger partial charge in [0.05, 0.1) is 6.61 Å². The zero-order valence-electron chi connectivity index (χ0n) is 16.9. The van der Waals surface area contributed by atoms with E-state index in [1.807, 2.05) is 53.1 Å². The first-order valence-corrected chi connectivity index (χ1v) is 10.4. The number of carbonyl (C=O) groups is 2. The summed E-state index contributed by atoms with van der Waals surface area (Å²) in [5.41, 5.74) is 1.35. The van der Waals surface area contributed by atoms with Gasteiger partial charge in [-0.1, -0.05) is 60.7 Å². The van der Waals surface area contributed by atoms with Gasteiger partial charge >= 0.3 is 0 Å². The zero-order valence-corrected chi connectivity index (χ0v) is 16.9. The number of benzene rings is 2. The molecular weight excluding hydrogens is 364 g/mol. The number of nitrogens with zero attached hydrogens (tertiary/aromatic N) is 2. The normalized spacial score (nSPS) is 21.6. The van der Waals surface area contributed by atoms with Crippen LogP contribution < -0.4 is 0 Å². The Hall–Kier alpha value is -2.66. The average molecular weight is 392 g/mol. The smallest absolute Gasteiger partial charge is 0.248 e. The van der Waals surface area contributed by atoms with E-state index < -0.39 is 5.41 Å². The molecule has 1 atom stereocenters. The molecule has 29 heavy (non-hydrogen) atoms. The third-order valence-corrected chi connectivity index (χ3v) is 6.35. The van der Waals surface area contributed by atoms with Crippen molar-refractivity contribution in [2.75, 3.05) is 39.4 Å². The van der Waals surface area contributed by atoms with Crippen molar-refractivity contribution < 1.29 is 14.3 Å². The minimum Gasteiger partial charge on any atom is -0.370 e. The largest absolute Gasteiger partial charge is 0.370 e. The van der Waals surface area contributed by atoms with Crippen molar-refractivity contribution >= 4 is 11.8 Å². The van der Waals surface area contributed by atoms with E-state index in [9.17, 15) is 9.59 Å². The van der Waals surface area contributed by atoms with Crippen LogP contribution in [-0.4, -0.2) is 61.0 Å². The molecule has 152 valence electrons. The first-order valence-electron chi connectivity index (χ1n) is 10.4. The van der Waals surface area contributed by atoms with Crippen LogP contribution in [0.4, 0.5) is 0 Å². The molecule has 0 aromatic heterocycles. The highest BCUT2D eigenvalue weighted by Crippen LogP contribution is 2.47. The third kappa shape index (κ3) is 3.44. The van der Waals surface area contributed by atoms with Gasteiger partial charge in [0.1, 0.15) is 12.0 Å². The van der Waals surface area contributed by atoms with Crippen molar-refractivity contribution in [2.24, 2.45) is 5.92 Å². The Labute approximate surface area is 172 Å². The van der Waals surface area contributed by atoms with Gasteiger partial charge in [-0.25, -0.2) is 0 Å². The van der Waals surface area contributed by atoms with Gasteiger partial charge in [0.2, 0.25) is 11.8 Å². The molecule has 2 heterocycles. The van der Waals surface area contributed by atoms with Crippen molar-refractivity contribution in [3.8, 4) is 0 Å². The molecule has 5 nitrogen and oxygen atoms in total. The second-order valence-corrected chi connectivity index (χ2v) is 7.80. The molecule has 2 aliphatic rings. The molecule has 0 bridgehead atoms. The van der Waals surface area contributed by atoms with Gasteiger partial charge in [0.15, 0.2) is 0 Å². The van der Waals surface area contributed by atoms with Crippen molar-refractivity contribution in [2.45, 2.75) is 18.8 Å². The number of rotatable bonds is 6. The van der Waals surface area contributed by atoms with E-state index in [0.29, 0.717) is 32.8 Å². The van der Waals surface area contributed by atoms with Gasteiger partial charge in [-0.15, -0.1) is 0 Å². The molecule has 0 aliphatic carbocycles. The van der Waals surface area contributed by atoms with Crippen LogP contribution in [0.3, 0.4) is 0 Å². The van der Waals surface area contributed by atoms with Crippen molar-refractivity contribution in [1.82, 2.24) is 9.80 Å². The lowest BCUT2D eigenvalue weighted by atomic mass is 9.66. The summed E-state index contributed by atoms with van der Waals surface area (Å²) in [5.74, 6) is 0.295. The molecule has 0 spiro atoms. The summed E-state index contributed by atoms with van der Waals surface area (Å²) in [6, 6.07) is 20.3. The van der Waals surface area contributed by atoms with Crippen LogP contribution >= 0.6 is 0 Å². The average Bonchev–Trinajstić information content (AvgIpc) is 3.06. The Kier molecular flexibility index (Phi) is 5.67. The van der Waals surface area contributed by atoms with Crippen LogP contribution in [0.25, 0.3) is 0 Å². The maximum Gasteiger partial charge on any atom is 0.248 e. The fraction of sp³-hybridized carbons (Fsp3) is 0.417. The highest BCUT2D eigenvalue weighted by molar-refractivity contribution is 5.94. The number of likely N-dealkylation sites (tertiary alicyclic amines) is 1. The molecular formula is C24H28N2O3. The summed E-state index contributed by atoms with van der Waals surface area (Å²) in [6.45, 7) is 5.45. The van der Waals surface area contributed by atoms with Gasteiger partial charge in [-0.05, 0) is 24.5 Å². The van der Waals surface area contributed by atoms with Crippen LogP contribution in [0.5, 0.6) is 0 Å². The number of carbonyl (C=O) groups excluding carboxylic acids is 2. The van der Waals surface area contributed by atoms with E-state index in [1.54, 1.807) is 0 Å². The predicted octanol–water partition coefficient (Wildman–Crippen LogP) is 2.70. The zero-order chi connectivity index (χ0) is 20.3. The van der Waals surface area contributed by atoms with Gasteiger partial charge in [-0.2, -0.15) is 0 Å². The number of hydrogen-bond donors (Lipinski definition) is 0. The first kappa shape index (κ1) is 19.6. The Balaban J connectivity index is 1.74. The van der Waals surface area contributed by atoms with Crippen molar-refractivity contribution in [3.05, 3.63) is 71.8 Å². The minimum atomic E-state index is -0.714. The quantitative estimate of drug-likeness (QED) is 0.760. The number of likely N-dealkylation sites (N-methyl/N-ethyl adjacent to an activating group) is 1. The second-order valence-electron chi connectivity index (χ2n) is 7.80. The molecule has 0 saturated carbocycles. The molecule has 4 rings (SSSR count). The Morgan fingerprint density at radius 2 is 1.59 bits per heavy atom. The fourth-order valence-electron chi connectivity index (χ4n) is 4.88. The molecule has 2 aliphatic heterocycles. The van der Waals surface area contributed by atoms with Crippen LogP contribution in [0.1, 0.15) is 24.5 Å². The van der Waals surface area contributed by atoms with Crippen LogP contribution in [0.2, 0.25) is 0 Å². The topological polar surface area (TPSA) is 49.9 Å². The Bertz CT molecular complexity index is 813. The number of hydrogen-bond acceptors (Lipinski definition) is 3. The van der Waals surface area contributed by atoms with E-state index >= 15 is 0 Å². The van der Waals surface area contributed by atoms with E-state index in [0.717, 1.165) is 17.5 Å². The first-order chi connectivity index (χ1) is 14.2. The number of amides is 2. The van der Waals surface area contributed by atoms with Crippen LogP contribution in [0.15, 0.2) is 60.7 Å². The lowest BCUT2D eigenvalue weighted by molar-refractivity contribution is -0.142. The van der Waals surface area contributed by atoms with E-state index in [-0.39, 0.29) is 24.3 Å². The number of ether oxygens (including phenoxy) is 1. The van der Waals surface area contributed by atoms with Gasteiger partial charge < -0.3 is 14.5 Å². The standard InChI is InChI=1S/C24H28N2O3/c1-2-25-17-21(13-14-26-15-16-29-18-22(26)27)24(23(25)28,19-9-5-3-6-10-19)20-11-7-4-8-12-20/h3-12,21H,2,13-18H2,1H3. The molecule has 1 unspecified atom stereocenters. The summed E-state index contributed by atoms with van der Waals surface area (Å²) in [4.78, 5) is 29.9. The summed E-state index contributed by atoms with van der Waals surface area (Å²) in [7, 11) is 0. The SMILES string of the molecule is CCN1CC(CCN2CCOCC2=O)C(c2ccccc2)(c2ccccc2)C1=O. The van der Waals surface area contributed by atoms with Crippen LogP contribution in [-0.2, 0) is 19.7 Å². The van der Waals surface area contributed by atoms with E-state index in [2.05, 4.69) is 24.3 Å². The molecule has 5 heteroatoms. The molecule has 0 radical (unpaired) electrons. The van der Waals surface area contributed by atoms with Crippen molar-refractivity contribution in [3.63, 3.8) is 0 Å². The summed E-state index contributed by atoms with van der Waals surface area (Å²) in [6.07, 6.45) is 0.776. The van der Waals surface area contributed by atoms with Gasteiger partial charge in [-0.3, -0.25) is 9.59 Å². The molecule has 0 N–H and O–H groups in total. The van der Waals surface area contributed by atoms with Gasteiger partial charge in [0.25, 0.3) is 0 Å². The molecule has 2 fully saturated rings. The molecule has 2 saturated heterocycles. The molecule has 2 aromatic rings. The Morgan fingerprint density at radius 3 is 2.14 bits per heavy atom. The van der Waals surface area contributed by atoms with Gasteiger partial charge in [0, 0.05) is 32.1 Å². The number of morpholine rings is 1. The third-order valence-electron chi connectivity index (χ3n) is 6.35. The Morgan fingerprint density at radius 1 is 0.966 bits per heavy atom. The lowest BCUT2D eigenvalue weighted by Gasteiger charge is -2.36. The van der Waals surface area contributed by atoms with Crippen LogP contribution in [0, 0.1) is 5.92 Å². The summed E-state index contributed by atoms with van der Waals surface area (Å²) >= 11 is 0. The predicted molar refractivity (Wildman–Crippen MR) is 111 cm³/mol. The fourth-order valence-corrected chi connectivity index (χ4v) is 4.88. The molecule has 2 aromatic carbocycles. The monoisotopic (exact) mass is 392 g/mol. The highest BCUT2D eigenvalue weighted by Gasteiger charge is 2.55. The van der Waals surface area contributed by atoms with E-state index in [4.69, 9.17) is 4.74 Å². The maximum atomic E-state index is 13.8. The lowest BCUT2D eigenvalue weighted by Crippen LogP contribution is -2.45. The second kappa shape index (κ2) is 8.37.